The van der Waals surface area contributed by atoms with Crippen LogP contribution in [-0.4, -0.2) is 6.54 Å². The van der Waals surface area contributed by atoms with E-state index in [1.165, 1.54) is 51.4 Å². The Bertz CT molecular complexity index is 376. The molecule has 0 unspecified atom stereocenters. The molecule has 21 heavy (non-hydrogen) atoms. The molecule has 2 N–H and O–H groups in total. The van der Waals surface area contributed by atoms with Gasteiger partial charge in [-0.05, 0) is 91.9 Å². The predicted molar refractivity (Wildman–Crippen MR) is 91.0 cm³/mol. The van der Waals surface area contributed by atoms with Gasteiger partial charge in [0.2, 0.25) is 0 Å². The molecule has 3 fully saturated rings. The molecular formula is C20H37N. The maximum atomic E-state index is 6.23. The van der Waals surface area contributed by atoms with E-state index in [0.29, 0.717) is 10.8 Å². The van der Waals surface area contributed by atoms with Crippen molar-refractivity contribution in [2.24, 2.45) is 46.2 Å². The Morgan fingerprint density at radius 1 is 1.05 bits per heavy atom. The van der Waals surface area contributed by atoms with Gasteiger partial charge >= 0.3 is 0 Å². The highest BCUT2D eigenvalue weighted by Gasteiger charge is 2.56. The lowest BCUT2D eigenvalue weighted by atomic mass is 9.43. The standard InChI is InChI=1S/C20H37N/c1-14(2)15-6-8-17-16(12-15)7-9-18-19(3,13-21)10-5-11-20(17,18)4/h14-18H,5-13,21H2,1-4H3/t15-,16-,17-,18-,19-,20+/m0/s1. The fourth-order valence-electron chi connectivity index (χ4n) is 6.86. The Labute approximate surface area is 132 Å². The van der Waals surface area contributed by atoms with E-state index in [2.05, 4.69) is 27.7 Å². The summed E-state index contributed by atoms with van der Waals surface area (Å²) in [6.45, 7) is 10.9. The summed E-state index contributed by atoms with van der Waals surface area (Å²) < 4.78 is 0. The van der Waals surface area contributed by atoms with E-state index in [-0.39, 0.29) is 0 Å². The number of nitrogens with two attached hydrogens (primary N) is 1. The molecule has 1 heteroatoms. The van der Waals surface area contributed by atoms with Gasteiger partial charge in [0.1, 0.15) is 0 Å². The number of hydrogen-bond acceptors (Lipinski definition) is 1. The first-order valence-corrected chi connectivity index (χ1v) is 9.61. The quantitative estimate of drug-likeness (QED) is 0.739. The zero-order chi connectivity index (χ0) is 15.3. The second-order valence-corrected chi connectivity index (χ2v) is 9.53. The van der Waals surface area contributed by atoms with Gasteiger partial charge in [0.15, 0.2) is 0 Å². The van der Waals surface area contributed by atoms with Crippen LogP contribution in [0.2, 0.25) is 0 Å². The van der Waals surface area contributed by atoms with E-state index in [1.807, 2.05) is 0 Å². The summed E-state index contributed by atoms with van der Waals surface area (Å²) in [7, 11) is 0. The fourth-order valence-corrected chi connectivity index (χ4v) is 6.86. The molecule has 3 rings (SSSR count). The third-order valence-electron chi connectivity index (χ3n) is 8.21. The van der Waals surface area contributed by atoms with Crippen LogP contribution < -0.4 is 5.73 Å². The molecular weight excluding hydrogens is 254 g/mol. The monoisotopic (exact) mass is 291 g/mol. The van der Waals surface area contributed by atoms with E-state index in [0.717, 1.165) is 36.1 Å². The molecule has 0 bridgehead atoms. The van der Waals surface area contributed by atoms with Gasteiger partial charge < -0.3 is 5.73 Å². The molecule has 122 valence electrons. The summed E-state index contributed by atoms with van der Waals surface area (Å²) in [6, 6.07) is 0. The zero-order valence-electron chi connectivity index (χ0n) is 14.8. The van der Waals surface area contributed by atoms with E-state index in [9.17, 15) is 0 Å². The van der Waals surface area contributed by atoms with Crippen molar-refractivity contribution >= 4 is 0 Å². The van der Waals surface area contributed by atoms with Crippen LogP contribution in [0.25, 0.3) is 0 Å². The molecule has 0 radical (unpaired) electrons. The van der Waals surface area contributed by atoms with Gasteiger partial charge in [0, 0.05) is 0 Å². The van der Waals surface area contributed by atoms with Crippen LogP contribution in [0.4, 0.5) is 0 Å². The first-order valence-electron chi connectivity index (χ1n) is 9.61. The lowest BCUT2D eigenvalue weighted by molar-refractivity contribution is -0.119. The minimum absolute atomic E-state index is 0.423. The summed E-state index contributed by atoms with van der Waals surface area (Å²) in [5.41, 5.74) is 7.25. The summed E-state index contributed by atoms with van der Waals surface area (Å²) in [4.78, 5) is 0. The van der Waals surface area contributed by atoms with Crippen molar-refractivity contribution < 1.29 is 0 Å². The smallest absolute Gasteiger partial charge is 0.00203 e. The van der Waals surface area contributed by atoms with Gasteiger partial charge in [0.25, 0.3) is 0 Å². The van der Waals surface area contributed by atoms with Crippen LogP contribution in [0.5, 0.6) is 0 Å². The second kappa shape index (κ2) is 5.55. The molecule has 0 aliphatic heterocycles. The summed E-state index contributed by atoms with van der Waals surface area (Å²) in [6.07, 6.45) is 11.7. The predicted octanol–water partition coefficient (Wildman–Crippen LogP) is 5.24. The average Bonchev–Trinajstić information content (AvgIpc) is 2.46. The molecule has 0 aromatic heterocycles. The van der Waals surface area contributed by atoms with Crippen LogP contribution in [-0.2, 0) is 0 Å². The normalized spacial score (nSPS) is 50.6. The van der Waals surface area contributed by atoms with E-state index in [4.69, 9.17) is 5.73 Å². The topological polar surface area (TPSA) is 26.0 Å². The first kappa shape index (κ1) is 15.8. The molecule has 0 aromatic rings. The van der Waals surface area contributed by atoms with E-state index in [1.54, 1.807) is 0 Å². The Morgan fingerprint density at radius 2 is 1.81 bits per heavy atom. The maximum absolute atomic E-state index is 6.23. The van der Waals surface area contributed by atoms with Gasteiger partial charge in [-0.2, -0.15) is 0 Å². The summed E-state index contributed by atoms with van der Waals surface area (Å²) in [5.74, 6) is 4.79. The zero-order valence-corrected chi connectivity index (χ0v) is 14.8. The SMILES string of the molecule is CC(C)[C@H]1CC[C@H]2[C@@H](CC[C@H]3[C@](C)(CN)CCC[C@]23C)C1. The largest absolute Gasteiger partial charge is 0.330 e. The third kappa shape index (κ3) is 2.48. The average molecular weight is 292 g/mol. The summed E-state index contributed by atoms with van der Waals surface area (Å²) >= 11 is 0. The molecule has 0 saturated heterocycles. The molecule has 3 aliphatic carbocycles. The first-order chi connectivity index (χ1) is 9.90. The van der Waals surface area contributed by atoms with Crippen molar-refractivity contribution in [3.8, 4) is 0 Å². The highest BCUT2D eigenvalue weighted by Crippen LogP contribution is 2.64. The van der Waals surface area contributed by atoms with Crippen LogP contribution in [0.1, 0.15) is 79.1 Å². The van der Waals surface area contributed by atoms with Crippen molar-refractivity contribution in [1.82, 2.24) is 0 Å². The Balaban J connectivity index is 1.82. The molecule has 0 spiro atoms. The second-order valence-electron chi connectivity index (χ2n) is 9.53. The van der Waals surface area contributed by atoms with Gasteiger partial charge in [-0.1, -0.05) is 34.1 Å². The Morgan fingerprint density at radius 3 is 2.48 bits per heavy atom. The molecule has 6 atom stereocenters. The van der Waals surface area contributed by atoms with E-state index < -0.39 is 0 Å². The van der Waals surface area contributed by atoms with Crippen LogP contribution >= 0.6 is 0 Å². The van der Waals surface area contributed by atoms with E-state index >= 15 is 0 Å². The maximum Gasteiger partial charge on any atom is -0.00203 e. The molecule has 3 saturated carbocycles. The highest BCUT2D eigenvalue weighted by atomic mass is 14.7. The molecule has 0 amide bonds. The Kier molecular flexibility index (Phi) is 4.19. The van der Waals surface area contributed by atoms with Gasteiger partial charge in [-0.25, -0.2) is 0 Å². The number of fused-ring (bicyclic) bond motifs is 3. The summed E-state index contributed by atoms with van der Waals surface area (Å²) in [5, 5.41) is 0. The minimum Gasteiger partial charge on any atom is -0.330 e. The lowest BCUT2D eigenvalue weighted by Crippen LogP contribution is -2.55. The molecule has 0 heterocycles. The van der Waals surface area contributed by atoms with Crippen molar-refractivity contribution in [2.75, 3.05) is 6.54 Å². The molecule has 1 nitrogen and oxygen atoms in total. The lowest BCUT2D eigenvalue weighted by Gasteiger charge is -2.62. The number of hydrogen-bond donors (Lipinski definition) is 1. The van der Waals surface area contributed by atoms with Crippen molar-refractivity contribution in [3.63, 3.8) is 0 Å². The molecule has 0 aromatic carbocycles. The third-order valence-corrected chi connectivity index (χ3v) is 8.21. The van der Waals surface area contributed by atoms with Gasteiger partial charge in [-0.3, -0.25) is 0 Å². The number of rotatable bonds is 2. The fraction of sp³-hybridized carbons (Fsp3) is 1.00. The van der Waals surface area contributed by atoms with Gasteiger partial charge in [-0.15, -0.1) is 0 Å². The highest BCUT2D eigenvalue weighted by molar-refractivity contribution is 5.06. The van der Waals surface area contributed by atoms with Crippen molar-refractivity contribution in [3.05, 3.63) is 0 Å². The molecule has 3 aliphatic rings. The minimum atomic E-state index is 0.423. The van der Waals surface area contributed by atoms with Crippen molar-refractivity contribution in [1.29, 1.82) is 0 Å². The van der Waals surface area contributed by atoms with Crippen molar-refractivity contribution in [2.45, 2.75) is 79.1 Å². The Hall–Kier alpha value is -0.0400. The van der Waals surface area contributed by atoms with Crippen LogP contribution in [0.15, 0.2) is 0 Å². The van der Waals surface area contributed by atoms with Crippen LogP contribution in [0.3, 0.4) is 0 Å². The van der Waals surface area contributed by atoms with Crippen LogP contribution in [0, 0.1) is 40.4 Å². The van der Waals surface area contributed by atoms with Gasteiger partial charge in [0.05, 0.1) is 0 Å².